The molecule has 0 saturated carbocycles. The van der Waals surface area contributed by atoms with Crippen molar-refractivity contribution < 1.29 is 4.79 Å². The van der Waals surface area contributed by atoms with Crippen LogP contribution in [0, 0.1) is 11.3 Å². The number of nitriles is 1. The maximum Gasteiger partial charge on any atom is 0.253 e. The Hall–Kier alpha value is -3.72. The van der Waals surface area contributed by atoms with Gasteiger partial charge in [-0.3, -0.25) is 4.79 Å². The third-order valence-corrected chi connectivity index (χ3v) is 6.64. The molecule has 1 aromatic heterocycles. The van der Waals surface area contributed by atoms with Crippen LogP contribution in [-0.2, 0) is 11.8 Å². The molecular formula is C25H23N5O. The van der Waals surface area contributed by atoms with Gasteiger partial charge in [0, 0.05) is 42.9 Å². The predicted octanol–water partition coefficient (Wildman–Crippen LogP) is 3.79. The normalized spacial score (nSPS) is 16.2. The summed E-state index contributed by atoms with van der Waals surface area (Å²) in [6.45, 7) is 1.41. The van der Waals surface area contributed by atoms with Crippen LogP contribution in [0.25, 0.3) is 11.3 Å². The molecule has 1 aliphatic heterocycles. The molecule has 1 N–H and O–H groups in total. The van der Waals surface area contributed by atoms with Crippen molar-refractivity contribution in [3.63, 3.8) is 0 Å². The number of amides is 1. The number of hydrogen-bond donors (Lipinski definition) is 1. The van der Waals surface area contributed by atoms with Crippen LogP contribution in [-0.4, -0.2) is 40.9 Å². The second-order valence-corrected chi connectivity index (χ2v) is 8.30. The molecule has 6 nitrogen and oxygen atoms in total. The maximum atomic E-state index is 13.0. The molecule has 2 aliphatic rings. The molecule has 1 fully saturated rings. The maximum absolute atomic E-state index is 13.0. The van der Waals surface area contributed by atoms with Gasteiger partial charge < -0.3 is 10.2 Å². The summed E-state index contributed by atoms with van der Waals surface area (Å²) >= 11 is 0. The highest BCUT2D eigenvalue weighted by Crippen LogP contribution is 2.48. The van der Waals surface area contributed by atoms with E-state index in [1.807, 2.05) is 18.1 Å². The lowest BCUT2D eigenvalue weighted by Gasteiger charge is -2.45. The van der Waals surface area contributed by atoms with Crippen molar-refractivity contribution in [2.45, 2.75) is 24.7 Å². The molecule has 6 heteroatoms. The summed E-state index contributed by atoms with van der Waals surface area (Å²) in [4.78, 5) is 24.1. The van der Waals surface area contributed by atoms with Crippen LogP contribution in [0.4, 0.5) is 5.95 Å². The fourth-order valence-corrected chi connectivity index (χ4v) is 4.96. The first-order valence-corrected chi connectivity index (χ1v) is 10.6. The number of fused-ring (bicyclic) bond motifs is 4. The number of hydrogen-bond acceptors (Lipinski definition) is 5. The zero-order chi connectivity index (χ0) is 21.4. The lowest BCUT2D eigenvalue weighted by atomic mass is 9.64. The zero-order valence-corrected chi connectivity index (χ0v) is 17.4. The third-order valence-electron chi connectivity index (χ3n) is 6.64. The van der Waals surface area contributed by atoms with Crippen molar-refractivity contribution in [1.82, 2.24) is 14.9 Å². The second kappa shape index (κ2) is 7.51. The topological polar surface area (TPSA) is 81.9 Å². The molecule has 3 aromatic rings. The minimum Gasteiger partial charge on any atom is -0.357 e. The van der Waals surface area contributed by atoms with E-state index in [1.54, 1.807) is 24.3 Å². The highest BCUT2D eigenvalue weighted by molar-refractivity contribution is 5.94. The van der Waals surface area contributed by atoms with Crippen LogP contribution < -0.4 is 5.32 Å². The van der Waals surface area contributed by atoms with Crippen molar-refractivity contribution in [3.05, 3.63) is 77.0 Å². The van der Waals surface area contributed by atoms with Gasteiger partial charge in [0.15, 0.2) is 0 Å². The Kier molecular flexibility index (Phi) is 4.67. The minimum atomic E-state index is -0.00441. The Morgan fingerprint density at radius 3 is 2.58 bits per heavy atom. The molecule has 1 amide bonds. The smallest absolute Gasteiger partial charge is 0.253 e. The van der Waals surface area contributed by atoms with Crippen molar-refractivity contribution >= 4 is 11.9 Å². The van der Waals surface area contributed by atoms with Gasteiger partial charge in [0.2, 0.25) is 5.95 Å². The summed E-state index contributed by atoms with van der Waals surface area (Å²) in [5, 5.41) is 12.0. The van der Waals surface area contributed by atoms with Crippen LogP contribution in [0.15, 0.2) is 54.7 Å². The van der Waals surface area contributed by atoms with Gasteiger partial charge >= 0.3 is 0 Å². The average Bonchev–Trinajstić information content (AvgIpc) is 2.84. The molecular weight excluding hydrogens is 386 g/mol. The third kappa shape index (κ3) is 3.23. The monoisotopic (exact) mass is 409 g/mol. The summed E-state index contributed by atoms with van der Waals surface area (Å²) in [5.41, 5.74) is 5.88. The van der Waals surface area contributed by atoms with E-state index in [0.29, 0.717) is 30.2 Å². The molecule has 2 aromatic carbocycles. The largest absolute Gasteiger partial charge is 0.357 e. The number of benzene rings is 2. The first-order chi connectivity index (χ1) is 15.1. The van der Waals surface area contributed by atoms with Gasteiger partial charge in [-0.15, -0.1) is 0 Å². The molecule has 2 heterocycles. The molecule has 5 rings (SSSR count). The molecule has 0 atom stereocenters. The van der Waals surface area contributed by atoms with E-state index in [9.17, 15) is 4.79 Å². The number of nitrogens with zero attached hydrogens (tertiary/aromatic N) is 4. The van der Waals surface area contributed by atoms with E-state index in [2.05, 4.69) is 40.6 Å². The quantitative estimate of drug-likeness (QED) is 0.696. The summed E-state index contributed by atoms with van der Waals surface area (Å²) < 4.78 is 0. The van der Waals surface area contributed by atoms with Gasteiger partial charge in [0.25, 0.3) is 5.91 Å². The highest BCUT2D eigenvalue weighted by atomic mass is 16.2. The van der Waals surface area contributed by atoms with Gasteiger partial charge in [-0.05, 0) is 54.7 Å². The summed E-state index contributed by atoms with van der Waals surface area (Å²) in [5.74, 6) is 0.665. The lowest BCUT2D eigenvalue weighted by Crippen LogP contribution is -2.47. The van der Waals surface area contributed by atoms with Gasteiger partial charge in [0.1, 0.15) is 0 Å². The van der Waals surface area contributed by atoms with E-state index in [-0.39, 0.29) is 11.3 Å². The molecule has 1 saturated heterocycles. The van der Waals surface area contributed by atoms with E-state index in [4.69, 9.17) is 10.2 Å². The minimum absolute atomic E-state index is 0.00441. The van der Waals surface area contributed by atoms with Crippen LogP contribution >= 0.6 is 0 Å². The van der Waals surface area contributed by atoms with Crippen molar-refractivity contribution in [1.29, 1.82) is 5.26 Å². The van der Waals surface area contributed by atoms with Gasteiger partial charge in [-0.2, -0.15) is 5.26 Å². The van der Waals surface area contributed by atoms with E-state index < -0.39 is 0 Å². The van der Waals surface area contributed by atoms with Crippen molar-refractivity contribution in [2.75, 3.05) is 25.5 Å². The van der Waals surface area contributed by atoms with Crippen LogP contribution in [0.2, 0.25) is 0 Å². The highest BCUT2D eigenvalue weighted by Gasteiger charge is 2.42. The van der Waals surface area contributed by atoms with Gasteiger partial charge in [-0.25, -0.2) is 9.97 Å². The Morgan fingerprint density at radius 2 is 1.87 bits per heavy atom. The van der Waals surface area contributed by atoms with Crippen LogP contribution in [0.1, 0.15) is 39.9 Å². The number of anilines is 1. The van der Waals surface area contributed by atoms with E-state index in [1.165, 1.54) is 16.7 Å². The number of piperidine rings is 1. The fourth-order valence-electron chi connectivity index (χ4n) is 4.96. The Morgan fingerprint density at radius 1 is 1.13 bits per heavy atom. The summed E-state index contributed by atoms with van der Waals surface area (Å²) in [6, 6.07) is 17.5. The Labute approximate surface area is 181 Å². The van der Waals surface area contributed by atoms with Crippen molar-refractivity contribution in [2.24, 2.45) is 0 Å². The second-order valence-electron chi connectivity index (χ2n) is 8.30. The first-order valence-electron chi connectivity index (χ1n) is 10.6. The summed E-state index contributed by atoms with van der Waals surface area (Å²) in [6.07, 6.45) is 4.64. The SMILES string of the molecule is CNc1ncc2c(n1)-c1ccccc1C1(CCN(C(=O)c3ccc(C#N)cc3)CC1)C2. The van der Waals surface area contributed by atoms with Crippen molar-refractivity contribution in [3.8, 4) is 17.3 Å². The molecule has 31 heavy (non-hydrogen) atoms. The van der Waals surface area contributed by atoms with Crippen LogP contribution in [0.3, 0.4) is 0 Å². The average molecular weight is 409 g/mol. The zero-order valence-electron chi connectivity index (χ0n) is 17.4. The molecule has 1 spiro atoms. The first kappa shape index (κ1) is 19.3. The lowest BCUT2D eigenvalue weighted by molar-refractivity contribution is 0.0664. The van der Waals surface area contributed by atoms with Crippen LogP contribution in [0.5, 0.6) is 0 Å². The number of likely N-dealkylation sites (tertiary alicyclic amines) is 1. The standard InChI is InChI=1S/C25H23N5O/c1-27-24-28-16-19-14-25(21-5-3-2-4-20(21)22(19)29-24)10-12-30(13-11-25)23(31)18-8-6-17(15-26)7-9-18/h2-9,16H,10-14H2,1H3,(H,27,28,29). The van der Waals surface area contributed by atoms with Gasteiger partial charge in [-0.1, -0.05) is 24.3 Å². The Balaban J connectivity index is 1.42. The number of carbonyl (C=O) groups excluding carboxylic acids is 1. The Bertz CT molecular complexity index is 1190. The summed E-state index contributed by atoms with van der Waals surface area (Å²) in [7, 11) is 1.83. The molecule has 0 bridgehead atoms. The molecule has 1 aliphatic carbocycles. The predicted molar refractivity (Wildman–Crippen MR) is 119 cm³/mol. The van der Waals surface area contributed by atoms with Gasteiger partial charge in [0.05, 0.1) is 17.3 Å². The number of carbonyl (C=O) groups is 1. The van der Waals surface area contributed by atoms with E-state index in [0.717, 1.165) is 25.0 Å². The molecule has 0 unspecified atom stereocenters. The molecule has 154 valence electrons. The van der Waals surface area contributed by atoms with E-state index >= 15 is 0 Å². The number of aromatic nitrogens is 2. The molecule has 0 radical (unpaired) electrons. The fraction of sp³-hybridized carbons (Fsp3) is 0.280. The number of nitrogens with one attached hydrogen (secondary N) is 1. The number of rotatable bonds is 2.